The van der Waals surface area contributed by atoms with Crippen LogP contribution in [0, 0.1) is 0 Å². The number of rotatable bonds is 6. The van der Waals surface area contributed by atoms with Crippen LogP contribution in [0.4, 0.5) is 17.1 Å². The van der Waals surface area contributed by atoms with Crippen molar-refractivity contribution in [2.24, 2.45) is 0 Å². The highest BCUT2D eigenvalue weighted by molar-refractivity contribution is 7.25. The molecule has 0 unspecified atom stereocenters. The minimum Gasteiger partial charge on any atom is -0.455 e. The molecule has 2 nitrogen and oxygen atoms in total. The minimum absolute atomic E-state index is 0.904. The lowest BCUT2D eigenvalue weighted by atomic mass is 9.99. The van der Waals surface area contributed by atoms with Gasteiger partial charge in [-0.15, -0.1) is 11.3 Å². The summed E-state index contributed by atoms with van der Waals surface area (Å²) in [5.41, 5.74) is 12.0. The van der Waals surface area contributed by atoms with Gasteiger partial charge in [-0.2, -0.15) is 0 Å². The van der Waals surface area contributed by atoms with Crippen LogP contribution in [0.2, 0.25) is 0 Å². The second kappa shape index (κ2) is 12.9. The van der Waals surface area contributed by atoms with Crippen molar-refractivity contribution in [3.8, 4) is 33.4 Å². The molecule has 258 valence electrons. The average Bonchev–Trinajstić information content (AvgIpc) is 3.82. The maximum absolute atomic E-state index is 6.47. The van der Waals surface area contributed by atoms with Crippen molar-refractivity contribution >= 4 is 81.3 Å². The van der Waals surface area contributed by atoms with E-state index in [1.165, 1.54) is 53.2 Å². The highest BCUT2D eigenvalue weighted by atomic mass is 32.1. The lowest BCUT2D eigenvalue weighted by Crippen LogP contribution is -2.10. The van der Waals surface area contributed by atoms with Gasteiger partial charge in [0.05, 0.1) is 0 Å². The molecule has 0 amide bonds. The summed E-state index contributed by atoms with van der Waals surface area (Å²) in [5.74, 6) is 0. The van der Waals surface area contributed by atoms with Gasteiger partial charge in [0, 0.05) is 53.6 Å². The van der Waals surface area contributed by atoms with E-state index in [4.69, 9.17) is 4.42 Å². The molecule has 0 bridgehead atoms. The molecule has 11 rings (SSSR count). The van der Waals surface area contributed by atoms with Crippen molar-refractivity contribution in [1.82, 2.24) is 0 Å². The van der Waals surface area contributed by atoms with Crippen LogP contribution < -0.4 is 4.90 Å². The van der Waals surface area contributed by atoms with Crippen LogP contribution in [0.15, 0.2) is 205 Å². The first kappa shape index (κ1) is 31.6. The van der Waals surface area contributed by atoms with E-state index in [1.807, 2.05) is 23.5 Å². The molecule has 0 saturated heterocycles. The van der Waals surface area contributed by atoms with Gasteiger partial charge < -0.3 is 9.32 Å². The maximum atomic E-state index is 6.47. The fraction of sp³-hybridized carbons (Fsp3) is 0. The Kier molecular flexibility index (Phi) is 7.39. The number of furan rings is 1. The SMILES string of the molecule is c1ccc(-c2ccc(N(c3ccc(-c4ccc5cc6sc7ccccc7c6cc5c4)cc3)c3cccc(-c4cccc5c4oc4ccccc45)c3)cc2)cc1. The highest BCUT2D eigenvalue weighted by Gasteiger charge is 2.17. The molecule has 0 aliphatic rings. The Hall–Kier alpha value is -6.94. The molecule has 0 fully saturated rings. The molecule has 55 heavy (non-hydrogen) atoms. The molecular weight excluding hydrogens is 687 g/mol. The summed E-state index contributed by atoms with van der Waals surface area (Å²) in [6.07, 6.45) is 0. The topological polar surface area (TPSA) is 16.4 Å². The summed E-state index contributed by atoms with van der Waals surface area (Å²) < 4.78 is 9.14. The van der Waals surface area contributed by atoms with Crippen LogP contribution in [0.3, 0.4) is 0 Å². The first-order valence-electron chi connectivity index (χ1n) is 18.7. The summed E-state index contributed by atoms with van der Waals surface area (Å²) in [4.78, 5) is 2.35. The molecule has 0 aliphatic heterocycles. The zero-order valence-corrected chi connectivity index (χ0v) is 30.6. The predicted molar refractivity (Wildman–Crippen MR) is 235 cm³/mol. The third-order valence-electron chi connectivity index (χ3n) is 10.8. The van der Waals surface area contributed by atoms with E-state index in [1.54, 1.807) is 0 Å². The van der Waals surface area contributed by atoms with Crippen LogP contribution in [0.25, 0.3) is 86.3 Å². The van der Waals surface area contributed by atoms with Gasteiger partial charge in [0.1, 0.15) is 11.2 Å². The fourth-order valence-corrected chi connectivity index (χ4v) is 9.25. The molecular formula is C52H33NOS. The van der Waals surface area contributed by atoms with Gasteiger partial charge in [0.15, 0.2) is 0 Å². The van der Waals surface area contributed by atoms with Gasteiger partial charge in [-0.1, -0.05) is 133 Å². The van der Waals surface area contributed by atoms with Crippen molar-refractivity contribution < 1.29 is 4.42 Å². The number of anilines is 3. The van der Waals surface area contributed by atoms with Gasteiger partial charge in [0.25, 0.3) is 0 Å². The number of nitrogens with zero attached hydrogens (tertiary/aromatic N) is 1. The summed E-state index contributed by atoms with van der Waals surface area (Å²) >= 11 is 1.87. The van der Waals surface area contributed by atoms with E-state index in [2.05, 4.69) is 193 Å². The van der Waals surface area contributed by atoms with Crippen molar-refractivity contribution in [3.63, 3.8) is 0 Å². The maximum Gasteiger partial charge on any atom is 0.143 e. The van der Waals surface area contributed by atoms with Gasteiger partial charge in [-0.05, 0) is 105 Å². The molecule has 0 radical (unpaired) electrons. The van der Waals surface area contributed by atoms with E-state index in [0.29, 0.717) is 0 Å². The molecule has 11 aromatic rings. The quantitative estimate of drug-likeness (QED) is 0.170. The van der Waals surface area contributed by atoms with Crippen LogP contribution in [-0.4, -0.2) is 0 Å². The summed E-state index contributed by atoms with van der Waals surface area (Å²) in [6, 6.07) is 72.2. The van der Waals surface area contributed by atoms with Crippen molar-refractivity contribution in [2.75, 3.05) is 4.90 Å². The molecule has 2 heterocycles. The predicted octanol–water partition coefficient (Wildman–Crippen LogP) is 15.6. The Morgan fingerprint density at radius 3 is 1.80 bits per heavy atom. The molecule has 0 saturated carbocycles. The number of fused-ring (bicyclic) bond motifs is 7. The molecule has 0 N–H and O–H groups in total. The average molecular weight is 720 g/mol. The van der Waals surface area contributed by atoms with Crippen LogP contribution in [-0.2, 0) is 0 Å². The van der Waals surface area contributed by atoms with Crippen molar-refractivity contribution in [1.29, 1.82) is 0 Å². The van der Waals surface area contributed by atoms with Crippen LogP contribution in [0.1, 0.15) is 0 Å². The zero-order valence-electron chi connectivity index (χ0n) is 29.8. The van der Waals surface area contributed by atoms with E-state index in [-0.39, 0.29) is 0 Å². The highest BCUT2D eigenvalue weighted by Crippen LogP contribution is 2.42. The first-order chi connectivity index (χ1) is 27.2. The van der Waals surface area contributed by atoms with Crippen molar-refractivity contribution in [2.45, 2.75) is 0 Å². The van der Waals surface area contributed by atoms with Gasteiger partial charge in [-0.3, -0.25) is 0 Å². The fourth-order valence-electron chi connectivity index (χ4n) is 8.12. The second-order valence-corrected chi connectivity index (χ2v) is 15.2. The summed E-state index contributed by atoms with van der Waals surface area (Å²) in [5, 5.41) is 7.44. The van der Waals surface area contributed by atoms with Gasteiger partial charge in [-0.25, -0.2) is 0 Å². The van der Waals surface area contributed by atoms with E-state index in [0.717, 1.165) is 50.1 Å². The third-order valence-corrected chi connectivity index (χ3v) is 12.0. The van der Waals surface area contributed by atoms with Crippen LogP contribution in [0.5, 0.6) is 0 Å². The van der Waals surface area contributed by atoms with E-state index < -0.39 is 0 Å². The normalized spacial score (nSPS) is 11.6. The Bertz CT molecular complexity index is 3190. The Balaban J connectivity index is 1.00. The van der Waals surface area contributed by atoms with Gasteiger partial charge >= 0.3 is 0 Å². The number of hydrogen-bond acceptors (Lipinski definition) is 3. The third kappa shape index (κ3) is 5.48. The van der Waals surface area contributed by atoms with E-state index >= 15 is 0 Å². The molecule has 0 spiro atoms. The Labute approximate surface area is 322 Å². The minimum atomic E-state index is 0.904. The molecule has 2 aromatic heterocycles. The molecule has 3 heteroatoms. The standard InChI is InChI=1S/C52H33NOS/c1-2-10-34(11-3-1)35-22-26-41(27-23-35)53(43-13-8-12-39(31-43)44-16-9-17-47-45-14-4-6-18-49(45)54-52(44)47)42-28-24-36(25-29-42)37-20-21-38-33-51-48(32-40(38)30-37)46-15-5-7-19-50(46)55-51/h1-33H. The largest absolute Gasteiger partial charge is 0.455 e. The second-order valence-electron chi connectivity index (χ2n) is 14.1. The molecule has 0 atom stereocenters. The number of thiophene rings is 1. The summed E-state index contributed by atoms with van der Waals surface area (Å²) in [6.45, 7) is 0. The summed E-state index contributed by atoms with van der Waals surface area (Å²) in [7, 11) is 0. The first-order valence-corrected chi connectivity index (χ1v) is 19.5. The van der Waals surface area contributed by atoms with Crippen molar-refractivity contribution in [3.05, 3.63) is 200 Å². The smallest absolute Gasteiger partial charge is 0.143 e. The number of para-hydroxylation sites is 2. The van der Waals surface area contributed by atoms with E-state index in [9.17, 15) is 0 Å². The lowest BCUT2D eigenvalue weighted by molar-refractivity contribution is 0.670. The number of benzene rings is 9. The molecule has 9 aromatic carbocycles. The Morgan fingerprint density at radius 1 is 0.345 bits per heavy atom. The molecule has 0 aliphatic carbocycles. The van der Waals surface area contributed by atoms with Gasteiger partial charge in [0.2, 0.25) is 0 Å². The zero-order chi connectivity index (χ0) is 36.3. The van der Waals surface area contributed by atoms with Crippen LogP contribution >= 0.6 is 11.3 Å². The lowest BCUT2D eigenvalue weighted by Gasteiger charge is -2.26. The monoisotopic (exact) mass is 719 g/mol. The Morgan fingerprint density at radius 2 is 0.982 bits per heavy atom. The number of hydrogen-bond donors (Lipinski definition) is 0.